The molecule has 2 saturated heterocycles. The summed E-state index contributed by atoms with van der Waals surface area (Å²) in [6.45, 7) is 15.5. The van der Waals surface area contributed by atoms with Crippen molar-refractivity contribution >= 4 is 11.8 Å². The molecule has 0 bridgehead atoms. The van der Waals surface area contributed by atoms with Crippen molar-refractivity contribution in [3.8, 4) is 0 Å². The second kappa shape index (κ2) is 12.5. The number of benzene rings is 1. The Morgan fingerprint density at radius 1 is 1.05 bits per heavy atom. The first-order chi connectivity index (χ1) is 18.2. The molecule has 38 heavy (non-hydrogen) atoms. The molecule has 3 aliphatic rings. The molecule has 0 aromatic heterocycles. The van der Waals surface area contributed by atoms with Crippen LogP contribution in [-0.2, 0) is 16.0 Å². The van der Waals surface area contributed by atoms with Gasteiger partial charge in [-0.1, -0.05) is 70.5 Å². The lowest BCUT2D eigenvalue weighted by Crippen LogP contribution is -2.60. The average molecular weight is 521 g/mol. The molecule has 2 unspecified atom stereocenters. The summed E-state index contributed by atoms with van der Waals surface area (Å²) in [6, 6.07) is 9.47. The molecule has 1 aromatic rings. The molecular formula is C32H48N4O2. The number of rotatable bonds is 7. The van der Waals surface area contributed by atoms with Crippen LogP contribution in [0.5, 0.6) is 0 Å². The average Bonchev–Trinajstić information content (AvgIpc) is 2.90. The van der Waals surface area contributed by atoms with E-state index in [2.05, 4.69) is 85.4 Å². The molecule has 2 atom stereocenters. The van der Waals surface area contributed by atoms with Crippen molar-refractivity contribution in [1.29, 1.82) is 0 Å². The Kier molecular flexibility index (Phi) is 9.35. The van der Waals surface area contributed by atoms with Crippen LogP contribution < -0.4 is 5.32 Å². The van der Waals surface area contributed by atoms with Crippen molar-refractivity contribution in [2.45, 2.75) is 78.8 Å². The molecule has 6 heteroatoms. The number of dihydropyridines is 1. The highest BCUT2D eigenvalue weighted by atomic mass is 16.2. The predicted molar refractivity (Wildman–Crippen MR) is 155 cm³/mol. The predicted octanol–water partition coefficient (Wildman–Crippen LogP) is 4.93. The molecule has 2 fully saturated rings. The van der Waals surface area contributed by atoms with Crippen LogP contribution in [-0.4, -0.2) is 71.8 Å². The van der Waals surface area contributed by atoms with E-state index in [1.165, 1.54) is 16.7 Å². The molecule has 1 N–H and O–H groups in total. The number of hydrogen-bond donors (Lipinski definition) is 1. The van der Waals surface area contributed by atoms with Gasteiger partial charge in [0.15, 0.2) is 0 Å². The molecule has 0 spiro atoms. The number of aryl methyl sites for hydroxylation is 1. The molecule has 208 valence electrons. The van der Waals surface area contributed by atoms with Crippen LogP contribution in [0, 0.1) is 11.3 Å². The summed E-state index contributed by atoms with van der Waals surface area (Å²) in [7, 11) is 0. The fourth-order valence-electron chi connectivity index (χ4n) is 6.32. The van der Waals surface area contributed by atoms with E-state index in [0.29, 0.717) is 12.3 Å². The van der Waals surface area contributed by atoms with Gasteiger partial charge in [0.25, 0.3) is 0 Å². The van der Waals surface area contributed by atoms with Gasteiger partial charge in [-0.05, 0) is 47.3 Å². The van der Waals surface area contributed by atoms with Crippen LogP contribution in [0.15, 0.2) is 48.2 Å². The van der Waals surface area contributed by atoms with E-state index < -0.39 is 0 Å². The largest absolute Gasteiger partial charge is 0.387 e. The summed E-state index contributed by atoms with van der Waals surface area (Å²) in [4.78, 5) is 32.1. The van der Waals surface area contributed by atoms with Gasteiger partial charge < -0.3 is 15.1 Å². The zero-order valence-electron chi connectivity index (χ0n) is 24.2. The minimum atomic E-state index is -0.0309. The zero-order valence-corrected chi connectivity index (χ0v) is 24.2. The van der Waals surface area contributed by atoms with Gasteiger partial charge in [-0.15, -0.1) is 0 Å². The normalized spacial score (nSPS) is 22.1. The van der Waals surface area contributed by atoms with E-state index in [4.69, 9.17) is 0 Å². The molecule has 0 aliphatic carbocycles. The van der Waals surface area contributed by atoms with E-state index in [1.54, 1.807) is 6.92 Å². The first-order valence-electron chi connectivity index (χ1n) is 14.6. The Balaban J connectivity index is 1.51. The van der Waals surface area contributed by atoms with Gasteiger partial charge in [-0.2, -0.15) is 0 Å². The van der Waals surface area contributed by atoms with Crippen molar-refractivity contribution in [2.24, 2.45) is 11.3 Å². The number of piperidine rings is 1. The van der Waals surface area contributed by atoms with Crippen LogP contribution in [0.25, 0.3) is 0 Å². The zero-order chi connectivity index (χ0) is 27.3. The quantitative estimate of drug-likeness (QED) is 0.554. The maximum absolute atomic E-state index is 13.7. The summed E-state index contributed by atoms with van der Waals surface area (Å²) in [5, 5.41) is 3.42. The Hall–Kier alpha value is -2.60. The number of hydrogen-bond acceptors (Lipinski definition) is 4. The first-order valence-corrected chi connectivity index (χ1v) is 14.6. The van der Waals surface area contributed by atoms with Gasteiger partial charge in [-0.3, -0.25) is 14.5 Å². The molecular weight excluding hydrogens is 472 g/mol. The molecule has 3 heterocycles. The second-order valence-electron chi connectivity index (χ2n) is 12.5. The Labute approximate surface area is 230 Å². The summed E-state index contributed by atoms with van der Waals surface area (Å²) in [6.07, 6.45) is 11.3. The van der Waals surface area contributed by atoms with Gasteiger partial charge in [0.05, 0.1) is 6.04 Å². The summed E-state index contributed by atoms with van der Waals surface area (Å²) in [5.74, 6) is 0.797. The number of amides is 2. The Morgan fingerprint density at radius 2 is 1.76 bits per heavy atom. The van der Waals surface area contributed by atoms with Crippen molar-refractivity contribution in [1.82, 2.24) is 20.0 Å². The molecule has 3 aliphatic heterocycles. The number of likely N-dealkylation sites (tertiary alicyclic amines) is 1. The SMILES string of the molecule is CCCc1ccc(C(C2=CNCC=C2)N2CCN(C(=O)CC3CCN(C(C)=O)CC3)C(C(C)(C)C)C2)cc1. The number of carbonyl (C=O) groups excluding carboxylic acids is 2. The lowest BCUT2D eigenvalue weighted by molar-refractivity contribution is -0.141. The van der Waals surface area contributed by atoms with E-state index in [0.717, 1.165) is 65.0 Å². The maximum atomic E-state index is 13.7. The van der Waals surface area contributed by atoms with Crippen molar-refractivity contribution < 1.29 is 9.59 Å². The molecule has 1 aromatic carbocycles. The van der Waals surface area contributed by atoms with Crippen molar-refractivity contribution in [2.75, 3.05) is 39.3 Å². The highest BCUT2D eigenvalue weighted by Gasteiger charge is 2.41. The molecule has 4 rings (SSSR count). The van der Waals surface area contributed by atoms with Crippen LogP contribution in [0.4, 0.5) is 0 Å². The number of carbonyl (C=O) groups is 2. The molecule has 0 radical (unpaired) electrons. The minimum Gasteiger partial charge on any atom is -0.387 e. The summed E-state index contributed by atoms with van der Waals surface area (Å²) >= 11 is 0. The van der Waals surface area contributed by atoms with Crippen LogP contribution >= 0.6 is 0 Å². The first kappa shape index (κ1) is 28.4. The third-order valence-electron chi connectivity index (χ3n) is 8.58. The van der Waals surface area contributed by atoms with E-state index in [-0.39, 0.29) is 29.3 Å². The van der Waals surface area contributed by atoms with Crippen LogP contribution in [0.2, 0.25) is 0 Å². The molecule has 2 amide bonds. The lowest BCUT2D eigenvalue weighted by Gasteiger charge is -2.50. The molecule has 6 nitrogen and oxygen atoms in total. The van der Waals surface area contributed by atoms with Gasteiger partial charge in [0, 0.05) is 64.9 Å². The highest BCUT2D eigenvalue weighted by Crippen LogP contribution is 2.36. The monoisotopic (exact) mass is 520 g/mol. The van der Waals surface area contributed by atoms with Gasteiger partial charge >= 0.3 is 0 Å². The maximum Gasteiger partial charge on any atom is 0.223 e. The number of nitrogens with zero attached hydrogens (tertiary/aromatic N) is 3. The number of piperazine rings is 1. The van der Waals surface area contributed by atoms with E-state index in [9.17, 15) is 9.59 Å². The van der Waals surface area contributed by atoms with E-state index in [1.807, 2.05) is 4.90 Å². The summed E-state index contributed by atoms with van der Waals surface area (Å²) in [5.41, 5.74) is 3.95. The smallest absolute Gasteiger partial charge is 0.223 e. The third-order valence-corrected chi connectivity index (χ3v) is 8.58. The highest BCUT2D eigenvalue weighted by molar-refractivity contribution is 5.77. The van der Waals surface area contributed by atoms with Gasteiger partial charge in [0.1, 0.15) is 0 Å². The third kappa shape index (κ3) is 6.88. The van der Waals surface area contributed by atoms with Crippen LogP contribution in [0.3, 0.4) is 0 Å². The van der Waals surface area contributed by atoms with Crippen molar-refractivity contribution in [3.05, 3.63) is 59.3 Å². The summed E-state index contributed by atoms with van der Waals surface area (Å²) < 4.78 is 0. The lowest BCUT2D eigenvalue weighted by atomic mass is 9.82. The fourth-order valence-corrected chi connectivity index (χ4v) is 6.32. The fraction of sp³-hybridized carbons (Fsp3) is 0.625. The minimum absolute atomic E-state index is 0.0309. The van der Waals surface area contributed by atoms with Crippen LogP contribution in [0.1, 0.15) is 77.5 Å². The van der Waals surface area contributed by atoms with Crippen molar-refractivity contribution in [3.63, 3.8) is 0 Å². The second-order valence-corrected chi connectivity index (χ2v) is 12.5. The topological polar surface area (TPSA) is 55.9 Å². The molecule has 0 saturated carbocycles. The number of nitrogens with one attached hydrogen (secondary N) is 1. The van der Waals surface area contributed by atoms with Gasteiger partial charge in [-0.25, -0.2) is 0 Å². The Bertz CT molecular complexity index is 1010. The Morgan fingerprint density at radius 3 is 2.34 bits per heavy atom. The van der Waals surface area contributed by atoms with E-state index >= 15 is 0 Å². The van der Waals surface area contributed by atoms with Gasteiger partial charge in [0.2, 0.25) is 11.8 Å². The standard InChI is InChI=1S/C32H48N4O2/c1-6-8-25-10-12-27(13-11-25)31(28-9-7-16-33-22-28)35-19-20-36(29(23-35)32(3,4)5)30(38)21-26-14-17-34(18-15-26)24(2)37/h7,9-13,22,26,29,31,33H,6,8,14-21,23H2,1-5H3.